The summed E-state index contributed by atoms with van der Waals surface area (Å²) >= 11 is 5.84. The van der Waals surface area contributed by atoms with Crippen LogP contribution in [0.4, 0.5) is 11.9 Å². The Morgan fingerprint density at radius 3 is 2.38 bits per heavy atom. The molecule has 0 bridgehead atoms. The molecule has 1 aromatic rings. The summed E-state index contributed by atoms with van der Waals surface area (Å²) in [6.45, 7) is 4.29. The Morgan fingerprint density at radius 2 is 1.88 bits per heavy atom. The molecule has 0 atom stereocenters. The van der Waals surface area contributed by atoms with E-state index in [2.05, 4.69) is 34.1 Å². The minimum Gasteiger partial charge on any atom is -0.357 e. The van der Waals surface area contributed by atoms with E-state index < -0.39 is 0 Å². The second kappa shape index (κ2) is 5.84. The molecular formula is C10H18ClN5. The van der Waals surface area contributed by atoms with Gasteiger partial charge < -0.3 is 10.2 Å². The number of nitrogens with zero attached hydrogens (tertiary/aromatic N) is 4. The van der Waals surface area contributed by atoms with Gasteiger partial charge in [-0.1, -0.05) is 13.8 Å². The molecule has 0 saturated heterocycles. The van der Waals surface area contributed by atoms with Gasteiger partial charge in [-0.25, -0.2) is 0 Å². The molecule has 0 spiro atoms. The van der Waals surface area contributed by atoms with Crippen LogP contribution < -0.4 is 10.2 Å². The van der Waals surface area contributed by atoms with Gasteiger partial charge in [0.1, 0.15) is 0 Å². The number of halogens is 1. The first-order chi connectivity index (χ1) is 7.62. The van der Waals surface area contributed by atoms with Crippen molar-refractivity contribution in [2.75, 3.05) is 24.3 Å². The van der Waals surface area contributed by atoms with Crippen LogP contribution in [0.1, 0.15) is 26.7 Å². The fourth-order valence-electron chi connectivity index (χ4n) is 1.61. The minimum atomic E-state index is 0.215. The van der Waals surface area contributed by atoms with Crippen LogP contribution in [0.25, 0.3) is 0 Å². The van der Waals surface area contributed by atoms with Crippen molar-refractivity contribution in [2.24, 2.45) is 0 Å². The zero-order chi connectivity index (χ0) is 12.1. The summed E-state index contributed by atoms with van der Waals surface area (Å²) in [4.78, 5) is 14.4. The summed E-state index contributed by atoms with van der Waals surface area (Å²) in [6, 6.07) is 0.420. The molecule has 5 nitrogen and oxygen atoms in total. The maximum Gasteiger partial charge on any atom is 0.231 e. The van der Waals surface area contributed by atoms with Crippen molar-refractivity contribution >= 4 is 23.5 Å². The normalized spacial score (nSPS) is 10.6. The Kier molecular flexibility index (Phi) is 4.73. The largest absolute Gasteiger partial charge is 0.357 e. The Balaban J connectivity index is 2.97. The van der Waals surface area contributed by atoms with E-state index in [4.69, 9.17) is 11.6 Å². The molecule has 1 rings (SSSR count). The SMILES string of the molecule is CCC(CC)N(C)c1nc(Cl)nc(NC)n1. The lowest BCUT2D eigenvalue weighted by atomic mass is 10.1. The Bertz CT molecular complexity index is 340. The third-order valence-corrected chi connectivity index (χ3v) is 2.79. The number of anilines is 2. The van der Waals surface area contributed by atoms with Crippen LogP contribution in [-0.2, 0) is 0 Å². The topological polar surface area (TPSA) is 53.9 Å². The lowest BCUT2D eigenvalue weighted by molar-refractivity contribution is 0.580. The zero-order valence-electron chi connectivity index (χ0n) is 10.2. The number of aromatic nitrogens is 3. The molecule has 0 aromatic carbocycles. The van der Waals surface area contributed by atoms with Gasteiger partial charge in [-0.2, -0.15) is 15.0 Å². The number of rotatable bonds is 5. The van der Waals surface area contributed by atoms with Crippen molar-refractivity contribution in [3.63, 3.8) is 0 Å². The first-order valence-corrected chi connectivity index (χ1v) is 5.82. The van der Waals surface area contributed by atoms with E-state index in [1.54, 1.807) is 7.05 Å². The summed E-state index contributed by atoms with van der Waals surface area (Å²) in [6.07, 6.45) is 2.09. The highest BCUT2D eigenvalue weighted by Crippen LogP contribution is 2.17. The van der Waals surface area contributed by atoms with E-state index in [0.717, 1.165) is 12.8 Å². The number of hydrogen-bond acceptors (Lipinski definition) is 5. The van der Waals surface area contributed by atoms with Crippen molar-refractivity contribution in [1.29, 1.82) is 0 Å². The van der Waals surface area contributed by atoms with Gasteiger partial charge in [-0.15, -0.1) is 0 Å². The summed E-state index contributed by atoms with van der Waals surface area (Å²) < 4.78 is 0. The molecule has 1 aromatic heterocycles. The van der Waals surface area contributed by atoms with Gasteiger partial charge in [-0.05, 0) is 24.4 Å². The second-order valence-corrected chi connectivity index (χ2v) is 3.90. The molecule has 0 radical (unpaired) electrons. The molecule has 0 saturated carbocycles. The highest BCUT2D eigenvalue weighted by Gasteiger charge is 2.15. The summed E-state index contributed by atoms with van der Waals surface area (Å²) in [5, 5.41) is 3.08. The van der Waals surface area contributed by atoms with E-state index in [0.29, 0.717) is 17.9 Å². The van der Waals surface area contributed by atoms with Crippen molar-refractivity contribution in [1.82, 2.24) is 15.0 Å². The molecule has 16 heavy (non-hydrogen) atoms. The van der Waals surface area contributed by atoms with Crippen LogP contribution in [0.2, 0.25) is 5.28 Å². The van der Waals surface area contributed by atoms with Gasteiger partial charge in [-0.3, -0.25) is 0 Å². The van der Waals surface area contributed by atoms with E-state index in [-0.39, 0.29) is 5.28 Å². The van der Waals surface area contributed by atoms with Crippen molar-refractivity contribution < 1.29 is 0 Å². The van der Waals surface area contributed by atoms with Gasteiger partial charge >= 0.3 is 0 Å². The van der Waals surface area contributed by atoms with Gasteiger partial charge in [0.05, 0.1) is 0 Å². The average Bonchev–Trinajstić information content (AvgIpc) is 2.29. The minimum absolute atomic E-state index is 0.215. The van der Waals surface area contributed by atoms with E-state index in [1.165, 1.54) is 0 Å². The smallest absolute Gasteiger partial charge is 0.231 e. The van der Waals surface area contributed by atoms with E-state index in [9.17, 15) is 0 Å². The van der Waals surface area contributed by atoms with Gasteiger partial charge in [0.15, 0.2) is 0 Å². The second-order valence-electron chi connectivity index (χ2n) is 3.56. The molecule has 1 heterocycles. The molecule has 0 unspecified atom stereocenters. The summed E-state index contributed by atoms with van der Waals surface area (Å²) in [7, 11) is 3.73. The van der Waals surface area contributed by atoms with Crippen LogP contribution >= 0.6 is 11.6 Å². The molecule has 90 valence electrons. The fourth-order valence-corrected chi connectivity index (χ4v) is 1.76. The molecule has 0 amide bonds. The van der Waals surface area contributed by atoms with Crippen molar-refractivity contribution in [2.45, 2.75) is 32.7 Å². The number of nitrogens with one attached hydrogen (secondary N) is 1. The van der Waals surface area contributed by atoms with Crippen LogP contribution in [0.3, 0.4) is 0 Å². The van der Waals surface area contributed by atoms with Crippen LogP contribution in [0.15, 0.2) is 0 Å². The Labute approximate surface area is 101 Å². The summed E-state index contributed by atoms with van der Waals surface area (Å²) in [5.41, 5.74) is 0. The highest BCUT2D eigenvalue weighted by atomic mass is 35.5. The monoisotopic (exact) mass is 243 g/mol. The first kappa shape index (κ1) is 13.0. The van der Waals surface area contributed by atoms with Gasteiger partial charge in [0.25, 0.3) is 0 Å². The molecule has 0 aliphatic heterocycles. The third kappa shape index (κ3) is 2.95. The lowest BCUT2D eigenvalue weighted by Crippen LogP contribution is -2.32. The zero-order valence-corrected chi connectivity index (χ0v) is 10.9. The maximum atomic E-state index is 5.84. The molecule has 0 aliphatic carbocycles. The summed E-state index contributed by atoms with van der Waals surface area (Å²) in [5.74, 6) is 1.10. The van der Waals surface area contributed by atoms with Crippen LogP contribution in [0, 0.1) is 0 Å². The quantitative estimate of drug-likeness (QED) is 0.859. The van der Waals surface area contributed by atoms with Crippen molar-refractivity contribution in [3.05, 3.63) is 5.28 Å². The Morgan fingerprint density at radius 1 is 1.25 bits per heavy atom. The lowest BCUT2D eigenvalue weighted by Gasteiger charge is -2.26. The predicted molar refractivity (Wildman–Crippen MR) is 67.2 cm³/mol. The third-order valence-electron chi connectivity index (χ3n) is 2.63. The molecule has 1 N–H and O–H groups in total. The molecule has 6 heteroatoms. The van der Waals surface area contributed by atoms with Gasteiger partial charge in [0.2, 0.25) is 17.2 Å². The number of hydrogen-bond donors (Lipinski definition) is 1. The van der Waals surface area contributed by atoms with Crippen molar-refractivity contribution in [3.8, 4) is 0 Å². The standard InChI is InChI=1S/C10H18ClN5/c1-5-7(6-2)16(4)10-14-8(11)13-9(12-3)15-10/h7H,5-6H2,1-4H3,(H,12,13,14,15). The average molecular weight is 244 g/mol. The Hall–Kier alpha value is -1.10. The van der Waals surface area contributed by atoms with Crippen LogP contribution in [0.5, 0.6) is 0 Å². The fraction of sp³-hybridized carbons (Fsp3) is 0.700. The first-order valence-electron chi connectivity index (χ1n) is 5.44. The predicted octanol–water partition coefficient (Wildman–Crippen LogP) is 2.19. The molecule has 0 aliphatic rings. The molecular weight excluding hydrogens is 226 g/mol. The molecule has 0 fully saturated rings. The highest BCUT2D eigenvalue weighted by molar-refractivity contribution is 6.28. The van der Waals surface area contributed by atoms with Gasteiger partial charge in [0, 0.05) is 20.1 Å². The van der Waals surface area contributed by atoms with E-state index >= 15 is 0 Å². The van der Waals surface area contributed by atoms with Crippen LogP contribution in [-0.4, -0.2) is 35.1 Å². The van der Waals surface area contributed by atoms with E-state index in [1.807, 2.05) is 11.9 Å². The maximum absolute atomic E-state index is 5.84.